The summed E-state index contributed by atoms with van der Waals surface area (Å²) in [4.78, 5) is 0. The van der Waals surface area contributed by atoms with Crippen molar-refractivity contribution in [2.45, 2.75) is 13.8 Å². The molecule has 1 aromatic carbocycles. The molecule has 1 aromatic rings. The van der Waals surface area contributed by atoms with Gasteiger partial charge < -0.3 is 0 Å². The van der Waals surface area contributed by atoms with Gasteiger partial charge in [-0.1, -0.05) is 50.8 Å². The third kappa shape index (κ3) is 3.81. The van der Waals surface area contributed by atoms with Gasteiger partial charge in [-0.15, -0.1) is 0 Å². The van der Waals surface area contributed by atoms with E-state index in [-0.39, 0.29) is 0 Å². The molecule has 0 bridgehead atoms. The topological polar surface area (TPSA) is 24.7 Å². The van der Waals surface area contributed by atoms with Gasteiger partial charge in [-0.3, -0.25) is 0 Å². The Bertz CT molecular complexity index is 299. The van der Waals surface area contributed by atoms with Crippen molar-refractivity contribution in [1.29, 1.82) is 0 Å². The summed E-state index contributed by atoms with van der Waals surface area (Å²) in [6, 6.07) is 9.73. The zero-order valence-corrected chi connectivity index (χ0v) is 8.77. The van der Waals surface area contributed by atoms with Gasteiger partial charge in [0.15, 0.2) is 0 Å². The van der Waals surface area contributed by atoms with E-state index in [4.69, 9.17) is 0 Å². The molecule has 0 N–H and O–H groups in total. The van der Waals surface area contributed by atoms with Crippen LogP contribution >= 0.6 is 0 Å². The Labute approximate surface area is 85.7 Å². The molecule has 0 heterocycles. The first-order chi connectivity index (χ1) is 6.88. The summed E-state index contributed by atoms with van der Waals surface area (Å²) < 4.78 is 0. The van der Waals surface area contributed by atoms with Crippen LogP contribution < -0.4 is 0 Å². The van der Waals surface area contributed by atoms with Crippen molar-refractivity contribution in [2.24, 2.45) is 10.2 Å². The van der Waals surface area contributed by atoms with Gasteiger partial charge in [-0.2, -0.15) is 10.2 Å². The van der Waals surface area contributed by atoms with Crippen LogP contribution in [-0.4, -0.2) is 12.4 Å². The second kappa shape index (κ2) is 7.92. The van der Waals surface area contributed by atoms with Crippen molar-refractivity contribution >= 4 is 12.4 Å². The summed E-state index contributed by atoms with van der Waals surface area (Å²) in [6.07, 6.45) is 1.66. The van der Waals surface area contributed by atoms with Crippen molar-refractivity contribution in [3.63, 3.8) is 0 Å². The van der Waals surface area contributed by atoms with Crippen molar-refractivity contribution in [1.82, 2.24) is 0 Å². The minimum atomic E-state index is 0.741. The molecule has 0 atom stereocenters. The lowest BCUT2D eigenvalue weighted by Gasteiger charge is -1.96. The molecule has 0 saturated heterocycles. The molecule has 0 aromatic heterocycles. The minimum absolute atomic E-state index is 0.741. The van der Waals surface area contributed by atoms with Gasteiger partial charge in [-0.05, 0) is 6.08 Å². The average Bonchev–Trinajstić information content (AvgIpc) is 2.30. The fraction of sp³-hybridized carbons (Fsp3) is 0.167. The number of rotatable bonds is 3. The van der Waals surface area contributed by atoms with E-state index in [1.54, 1.807) is 6.08 Å². The Morgan fingerprint density at radius 2 is 1.79 bits per heavy atom. The molecule has 0 fully saturated rings. The predicted molar refractivity (Wildman–Crippen MR) is 64.1 cm³/mol. The molecular weight excluding hydrogens is 172 g/mol. The van der Waals surface area contributed by atoms with Crippen LogP contribution in [0.2, 0.25) is 0 Å². The van der Waals surface area contributed by atoms with Gasteiger partial charge in [0.25, 0.3) is 0 Å². The molecule has 0 unspecified atom stereocenters. The number of allylic oxidation sites excluding steroid dienone is 1. The lowest BCUT2D eigenvalue weighted by molar-refractivity contribution is 1.26. The second-order valence-corrected chi connectivity index (χ2v) is 2.20. The van der Waals surface area contributed by atoms with Gasteiger partial charge in [0.05, 0.1) is 5.71 Å². The summed E-state index contributed by atoms with van der Waals surface area (Å²) in [7, 11) is 0. The van der Waals surface area contributed by atoms with Crippen molar-refractivity contribution < 1.29 is 0 Å². The molecule has 0 aliphatic heterocycles. The van der Waals surface area contributed by atoms with Crippen LogP contribution in [0.15, 0.2) is 53.2 Å². The molecule has 0 aliphatic carbocycles. The largest absolute Gasteiger partial charge is 0.166 e. The first-order valence-electron chi connectivity index (χ1n) is 4.60. The minimum Gasteiger partial charge on any atom is -0.166 e. The van der Waals surface area contributed by atoms with E-state index in [1.807, 2.05) is 44.2 Å². The fourth-order valence-electron chi connectivity index (χ4n) is 0.902. The normalized spacial score (nSPS) is 9.71. The lowest BCUT2D eigenvalue weighted by Crippen LogP contribution is -1.93. The van der Waals surface area contributed by atoms with Crippen molar-refractivity contribution in [3.8, 4) is 0 Å². The van der Waals surface area contributed by atoms with Crippen LogP contribution in [0.4, 0.5) is 0 Å². The van der Waals surface area contributed by atoms with E-state index in [0.29, 0.717) is 0 Å². The lowest BCUT2D eigenvalue weighted by atomic mass is 10.1. The Morgan fingerprint density at radius 1 is 1.21 bits per heavy atom. The molecule has 0 radical (unpaired) electrons. The van der Waals surface area contributed by atoms with E-state index >= 15 is 0 Å². The quantitative estimate of drug-likeness (QED) is 0.513. The first kappa shape index (κ1) is 12.3. The predicted octanol–water partition coefficient (Wildman–Crippen LogP) is 3.30. The summed E-state index contributed by atoms with van der Waals surface area (Å²) >= 11 is 0. The molecule has 2 heteroatoms. The van der Waals surface area contributed by atoms with Crippen molar-refractivity contribution in [3.05, 3.63) is 48.6 Å². The molecule has 14 heavy (non-hydrogen) atoms. The zero-order chi connectivity index (χ0) is 10.8. The van der Waals surface area contributed by atoms with Crippen LogP contribution in [0.25, 0.3) is 0 Å². The molecule has 74 valence electrons. The van der Waals surface area contributed by atoms with E-state index in [2.05, 4.69) is 23.5 Å². The Hall–Kier alpha value is -1.70. The first-order valence-corrected chi connectivity index (χ1v) is 4.60. The number of nitrogens with zero attached hydrogens (tertiary/aromatic N) is 2. The standard InChI is InChI=1S/C10H10N2.C2H6/c1-3-10(12-11-2)9-7-5-4-6-8-9;1-2/h3-8H,1-2H2;1-2H3/b12-10+;. The summed E-state index contributed by atoms with van der Waals surface area (Å²) in [5.74, 6) is 0. The molecule has 0 saturated carbocycles. The fourth-order valence-corrected chi connectivity index (χ4v) is 0.902. The molecule has 0 aliphatic rings. The summed E-state index contributed by atoms with van der Waals surface area (Å²) in [6.45, 7) is 10.9. The summed E-state index contributed by atoms with van der Waals surface area (Å²) in [5.41, 5.74) is 1.74. The summed E-state index contributed by atoms with van der Waals surface area (Å²) in [5, 5.41) is 7.28. The maximum absolute atomic E-state index is 3.83. The Morgan fingerprint density at radius 3 is 2.21 bits per heavy atom. The van der Waals surface area contributed by atoms with Gasteiger partial charge in [0.2, 0.25) is 0 Å². The van der Waals surface area contributed by atoms with Crippen LogP contribution in [-0.2, 0) is 0 Å². The molecular formula is C12H16N2. The van der Waals surface area contributed by atoms with Crippen LogP contribution in [0.1, 0.15) is 19.4 Å². The maximum Gasteiger partial charge on any atom is 0.0922 e. The highest BCUT2D eigenvalue weighted by molar-refractivity contribution is 6.08. The van der Waals surface area contributed by atoms with Gasteiger partial charge >= 0.3 is 0 Å². The molecule has 0 spiro atoms. The number of hydrogen-bond donors (Lipinski definition) is 0. The van der Waals surface area contributed by atoms with Gasteiger partial charge in [-0.25, -0.2) is 0 Å². The monoisotopic (exact) mass is 188 g/mol. The smallest absolute Gasteiger partial charge is 0.0922 e. The van der Waals surface area contributed by atoms with Crippen LogP contribution in [0, 0.1) is 0 Å². The molecule has 1 rings (SSSR count). The molecule has 0 amide bonds. The number of benzene rings is 1. The van der Waals surface area contributed by atoms with Crippen LogP contribution in [0.3, 0.4) is 0 Å². The highest BCUT2D eigenvalue weighted by Gasteiger charge is 1.95. The highest BCUT2D eigenvalue weighted by Crippen LogP contribution is 2.01. The number of hydrogen-bond acceptors (Lipinski definition) is 2. The van der Waals surface area contributed by atoms with E-state index in [0.717, 1.165) is 11.3 Å². The third-order valence-electron chi connectivity index (χ3n) is 1.44. The van der Waals surface area contributed by atoms with Crippen LogP contribution in [0.5, 0.6) is 0 Å². The Kier molecular flexibility index (Phi) is 6.96. The van der Waals surface area contributed by atoms with Crippen molar-refractivity contribution in [2.75, 3.05) is 0 Å². The molecule has 2 nitrogen and oxygen atoms in total. The van der Waals surface area contributed by atoms with Gasteiger partial charge in [0, 0.05) is 12.3 Å². The van der Waals surface area contributed by atoms with E-state index in [9.17, 15) is 0 Å². The maximum atomic E-state index is 3.83. The van der Waals surface area contributed by atoms with Gasteiger partial charge in [0.1, 0.15) is 0 Å². The Balaban J connectivity index is 0.000000791. The zero-order valence-electron chi connectivity index (χ0n) is 8.77. The average molecular weight is 188 g/mol. The van der Waals surface area contributed by atoms with E-state index < -0.39 is 0 Å². The SMILES string of the molecule is C=C/C(=N\N=C)c1ccccc1.CC. The van der Waals surface area contributed by atoms with E-state index in [1.165, 1.54) is 0 Å². The highest BCUT2D eigenvalue weighted by atomic mass is 15.2. The second-order valence-electron chi connectivity index (χ2n) is 2.20. The third-order valence-corrected chi connectivity index (χ3v) is 1.44.